The number of nitrogens with zero attached hydrogens (tertiary/aromatic N) is 4. The van der Waals surface area contributed by atoms with Crippen molar-refractivity contribution in [2.45, 2.75) is 51.9 Å². The van der Waals surface area contributed by atoms with Gasteiger partial charge in [-0.25, -0.2) is 9.97 Å². The summed E-state index contributed by atoms with van der Waals surface area (Å²) in [5.74, 6) is 0.953. The Balaban J connectivity index is 1.57. The molecule has 5 rings (SSSR count). The Hall–Kier alpha value is -3.25. The monoisotopic (exact) mass is 469 g/mol. The molecule has 1 aliphatic rings. The Bertz CT molecular complexity index is 1380. The minimum absolute atomic E-state index is 0.0533. The zero-order valence-corrected chi connectivity index (χ0v) is 21.2. The van der Waals surface area contributed by atoms with Gasteiger partial charge < -0.3 is 14.5 Å². The third-order valence-electron chi connectivity index (χ3n) is 7.38. The highest BCUT2D eigenvalue weighted by Gasteiger charge is 2.23. The summed E-state index contributed by atoms with van der Waals surface area (Å²) in [4.78, 5) is 27.4. The summed E-state index contributed by atoms with van der Waals surface area (Å²) in [7, 11) is 1.81. The number of likely N-dealkylation sites (tertiary alicyclic amines) is 1. The smallest absolute Gasteiger partial charge is 0.258 e. The average molecular weight is 470 g/mol. The van der Waals surface area contributed by atoms with E-state index in [1.807, 2.05) is 12.3 Å². The molecule has 0 radical (unpaired) electrons. The molecule has 6 nitrogen and oxygen atoms in total. The summed E-state index contributed by atoms with van der Waals surface area (Å²) >= 11 is 0. The maximum absolute atomic E-state index is 12.9. The van der Waals surface area contributed by atoms with Crippen LogP contribution in [0.5, 0.6) is 0 Å². The quantitative estimate of drug-likeness (QED) is 0.393. The molecule has 3 aromatic heterocycles. The van der Waals surface area contributed by atoms with Crippen molar-refractivity contribution in [1.29, 1.82) is 0 Å². The molecular formula is C29H35N5O. The van der Waals surface area contributed by atoms with Gasteiger partial charge in [-0.1, -0.05) is 26.8 Å². The number of hydrogen-bond donors (Lipinski definition) is 1. The van der Waals surface area contributed by atoms with Crippen LogP contribution >= 0.6 is 0 Å². The van der Waals surface area contributed by atoms with Crippen LogP contribution < -0.4 is 5.56 Å². The first-order chi connectivity index (χ1) is 17.0. The lowest BCUT2D eigenvalue weighted by Gasteiger charge is -2.32. The number of hydrogen-bond acceptors (Lipinski definition) is 4. The fourth-order valence-electron chi connectivity index (χ4n) is 5.61. The highest BCUT2D eigenvalue weighted by molar-refractivity contribution is 5.92. The second-order valence-corrected chi connectivity index (χ2v) is 10.2. The van der Waals surface area contributed by atoms with Gasteiger partial charge >= 0.3 is 0 Å². The van der Waals surface area contributed by atoms with E-state index in [0.717, 1.165) is 22.3 Å². The van der Waals surface area contributed by atoms with E-state index >= 15 is 0 Å². The van der Waals surface area contributed by atoms with Gasteiger partial charge in [0.2, 0.25) is 0 Å². The molecule has 1 fully saturated rings. The fourth-order valence-corrected chi connectivity index (χ4v) is 5.61. The van der Waals surface area contributed by atoms with E-state index in [9.17, 15) is 4.79 Å². The summed E-state index contributed by atoms with van der Waals surface area (Å²) in [5.41, 5.74) is 7.27. The van der Waals surface area contributed by atoms with Crippen LogP contribution in [0.1, 0.15) is 63.0 Å². The van der Waals surface area contributed by atoms with Crippen molar-refractivity contribution in [2.24, 2.45) is 7.05 Å². The molecule has 182 valence electrons. The summed E-state index contributed by atoms with van der Waals surface area (Å²) in [5, 5.41) is 1.29. The SMILES string of the molecule is CCCN1CCC(c2ccc3[nH]c(-c4cc(-c5cncnc5)c(=O)n(C)c4)c(C(C)C)c3c2)CC1. The number of nitrogens with one attached hydrogen (secondary N) is 1. The summed E-state index contributed by atoms with van der Waals surface area (Å²) in [6.45, 7) is 10.3. The van der Waals surface area contributed by atoms with Gasteiger partial charge in [-0.05, 0) is 80.1 Å². The van der Waals surface area contributed by atoms with Crippen LogP contribution in [0.4, 0.5) is 0 Å². The molecule has 35 heavy (non-hydrogen) atoms. The predicted molar refractivity (Wildman–Crippen MR) is 143 cm³/mol. The highest BCUT2D eigenvalue weighted by Crippen LogP contribution is 2.38. The van der Waals surface area contributed by atoms with Gasteiger partial charge in [0.05, 0.1) is 11.3 Å². The predicted octanol–water partition coefficient (Wildman–Crippen LogP) is 5.70. The zero-order valence-electron chi connectivity index (χ0n) is 21.2. The summed E-state index contributed by atoms with van der Waals surface area (Å²) in [6, 6.07) is 8.94. The zero-order chi connectivity index (χ0) is 24.5. The van der Waals surface area contributed by atoms with Crippen molar-refractivity contribution < 1.29 is 0 Å². The molecular weight excluding hydrogens is 434 g/mol. The lowest BCUT2D eigenvalue weighted by molar-refractivity contribution is 0.213. The van der Waals surface area contributed by atoms with Gasteiger partial charge in [0.25, 0.3) is 5.56 Å². The number of piperidine rings is 1. The molecule has 6 heteroatoms. The van der Waals surface area contributed by atoms with E-state index in [4.69, 9.17) is 0 Å². The van der Waals surface area contributed by atoms with Crippen LogP contribution in [0, 0.1) is 0 Å². The molecule has 0 spiro atoms. The molecule has 0 atom stereocenters. The number of aromatic amines is 1. The number of benzene rings is 1. The van der Waals surface area contributed by atoms with Crippen molar-refractivity contribution in [2.75, 3.05) is 19.6 Å². The van der Waals surface area contributed by atoms with Crippen LogP contribution in [-0.2, 0) is 7.05 Å². The van der Waals surface area contributed by atoms with Crippen molar-refractivity contribution in [3.05, 3.63) is 70.7 Å². The van der Waals surface area contributed by atoms with Crippen LogP contribution in [0.25, 0.3) is 33.3 Å². The second-order valence-electron chi connectivity index (χ2n) is 10.2. The molecule has 4 aromatic rings. The topological polar surface area (TPSA) is 66.8 Å². The Morgan fingerprint density at radius 2 is 1.83 bits per heavy atom. The van der Waals surface area contributed by atoms with Crippen LogP contribution in [0.2, 0.25) is 0 Å². The van der Waals surface area contributed by atoms with Gasteiger partial charge in [0.1, 0.15) is 6.33 Å². The van der Waals surface area contributed by atoms with E-state index in [1.165, 1.54) is 61.7 Å². The van der Waals surface area contributed by atoms with Crippen molar-refractivity contribution in [1.82, 2.24) is 24.4 Å². The number of fused-ring (bicyclic) bond motifs is 1. The maximum atomic E-state index is 12.9. The Morgan fingerprint density at radius 3 is 2.51 bits per heavy atom. The minimum atomic E-state index is -0.0533. The third-order valence-corrected chi connectivity index (χ3v) is 7.38. The highest BCUT2D eigenvalue weighted by atomic mass is 16.1. The van der Waals surface area contributed by atoms with E-state index in [0.29, 0.717) is 17.4 Å². The fraction of sp³-hybridized carbons (Fsp3) is 0.414. The number of rotatable bonds is 6. The molecule has 1 aromatic carbocycles. The number of aromatic nitrogens is 4. The van der Waals surface area contributed by atoms with Crippen molar-refractivity contribution in [3.8, 4) is 22.4 Å². The first kappa shape index (κ1) is 23.5. The molecule has 0 aliphatic carbocycles. The largest absolute Gasteiger partial charge is 0.354 e. The minimum Gasteiger partial charge on any atom is -0.354 e. The lowest BCUT2D eigenvalue weighted by Crippen LogP contribution is -2.33. The molecule has 0 bridgehead atoms. The van der Waals surface area contributed by atoms with Gasteiger partial charge in [-0.3, -0.25) is 4.79 Å². The van der Waals surface area contributed by atoms with Gasteiger partial charge in [0.15, 0.2) is 0 Å². The summed E-state index contributed by atoms with van der Waals surface area (Å²) in [6.07, 6.45) is 10.5. The number of pyridine rings is 1. The average Bonchev–Trinajstić information content (AvgIpc) is 3.26. The van der Waals surface area contributed by atoms with Crippen molar-refractivity contribution in [3.63, 3.8) is 0 Å². The van der Waals surface area contributed by atoms with Gasteiger partial charge in [-0.15, -0.1) is 0 Å². The standard InChI is InChI=1S/C29H35N5O/c1-5-10-34-11-8-20(9-12-34)21-6-7-26-25(13-21)27(19(2)3)28(32-26)22-14-24(29(35)33(4)17-22)23-15-30-18-31-16-23/h6-7,13-20,32H,5,8-12H2,1-4H3. The Labute approximate surface area is 207 Å². The Morgan fingerprint density at radius 1 is 1.09 bits per heavy atom. The van der Waals surface area contributed by atoms with Gasteiger partial charge in [-0.2, -0.15) is 0 Å². The summed E-state index contributed by atoms with van der Waals surface area (Å²) < 4.78 is 1.66. The van der Waals surface area contributed by atoms with Crippen LogP contribution in [0.15, 0.2) is 54.0 Å². The van der Waals surface area contributed by atoms with E-state index in [-0.39, 0.29) is 5.56 Å². The van der Waals surface area contributed by atoms with Crippen LogP contribution in [0.3, 0.4) is 0 Å². The molecule has 0 amide bonds. The molecule has 0 saturated carbocycles. The molecule has 1 saturated heterocycles. The molecule has 4 heterocycles. The van der Waals surface area contributed by atoms with E-state index in [2.05, 4.69) is 58.8 Å². The lowest BCUT2D eigenvalue weighted by atomic mass is 9.87. The van der Waals surface area contributed by atoms with Crippen molar-refractivity contribution >= 4 is 10.9 Å². The maximum Gasteiger partial charge on any atom is 0.258 e. The molecule has 1 aliphatic heterocycles. The third kappa shape index (κ3) is 4.55. The molecule has 0 unspecified atom stereocenters. The Kier molecular flexibility index (Phi) is 6.56. The number of aryl methyl sites for hydroxylation is 1. The van der Waals surface area contributed by atoms with E-state index < -0.39 is 0 Å². The second kappa shape index (κ2) is 9.78. The normalized spacial score (nSPS) is 15.3. The van der Waals surface area contributed by atoms with Crippen LogP contribution in [-0.4, -0.2) is 44.1 Å². The van der Waals surface area contributed by atoms with E-state index in [1.54, 1.807) is 24.0 Å². The van der Waals surface area contributed by atoms with Gasteiger partial charge in [0, 0.05) is 47.7 Å². The molecule has 1 N–H and O–H groups in total. The first-order valence-corrected chi connectivity index (χ1v) is 12.8. The number of H-pyrrole nitrogens is 1. The first-order valence-electron chi connectivity index (χ1n) is 12.8.